The third-order valence-electron chi connectivity index (χ3n) is 3.34. The number of hydrogen-bond acceptors (Lipinski definition) is 2. The largest absolute Gasteiger partial charge is 0.366 e. The molecule has 2 aromatic rings. The highest BCUT2D eigenvalue weighted by Crippen LogP contribution is 2.32. The molecule has 0 atom stereocenters. The number of fused-ring (bicyclic) bond motifs is 1. The molecule has 5 heteroatoms. The zero-order valence-electron chi connectivity index (χ0n) is 10.8. The van der Waals surface area contributed by atoms with Crippen molar-refractivity contribution in [3.8, 4) is 11.3 Å². The van der Waals surface area contributed by atoms with Crippen molar-refractivity contribution in [1.29, 1.82) is 0 Å². The summed E-state index contributed by atoms with van der Waals surface area (Å²) in [7, 11) is 0. The Balaban J connectivity index is 2.13. The number of aromatic nitrogens is 2. The van der Waals surface area contributed by atoms with Crippen LogP contribution < -0.4 is 0 Å². The molecule has 3 rings (SSSR count). The molecule has 1 aromatic carbocycles. The van der Waals surface area contributed by atoms with Crippen molar-refractivity contribution in [3.63, 3.8) is 0 Å². The molecule has 0 spiro atoms. The molecule has 0 fully saturated rings. The zero-order chi connectivity index (χ0) is 13.6. The number of rotatable bonds is 1. The molecule has 1 aliphatic rings. The minimum Gasteiger partial charge on any atom is -0.366 e. The van der Waals surface area contributed by atoms with Crippen molar-refractivity contribution in [2.75, 3.05) is 6.61 Å². The summed E-state index contributed by atoms with van der Waals surface area (Å²) in [6.07, 6.45) is 1.89. The van der Waals surface area contributed by atoms with Crippen LogP contribution in [0.4, 0.5) is 4.39 Å². The van der Waals surface area contributed by atoms with Gasteiger partial charge >= 0.3 is 0 Å². The SMILES string of the molecule is CC1(C)OCCn2cc(-c3cccc(Br)c3F)nc21. The summed E-state index contributed by atoms with van der Waals surface area (Å²) in [6.45, 7) is 5.36. The molecule has 2 heterocycles. The molecular formula is C14H14BrFN2O. The van der Waals surface area contributed by atoms with Crippen LogP contribution in [0, 0.1) is 5.82 Å². The van der Waals surface area contributed by atoms with E-state index < -0.39 is 5.60 Å². The highest BCUT2D eigenvalue weighted by atomic mass is 79.9. The minimum atomic E-state index is -0.432. The van der Waals surface area contributed by atoms with Crippen molar-refractivity contribution >= 4 is 15.9 Å². The van der Waals surface area contributed by atoms with E-state index in [-0.39, 0.29) is 5.82 Å². The molecule has 1 aliphatic heterocycles. The molecule has 0 aliphatic carbocycles. The lowest BCUT2D eigenvalue weighted by Gasteiger charge is -2.30. The lowest BCUT2D eigenvalue weighted by molar-refractivity contribution is -0.0538. The lowest BCUT2D eigenvalue weighted by Crippen LogP contribution is -2.33. The van der Waals surface area contributed by atoms with Gasteiger partial charge in [-0.05, 0) is 41.9 Å². The van der Waals surface area contributed by atoms with Gasteiger partial charge in [-0.2, -0.15) is 0 Å². The average Bonchev–Trinajstić information content (AvgIpc) is 2.78. The van der Waals surface area contributed by atoms with E-state index in [1.165, 1.54) is 0 Å². The normalized spacial score (nSPS) is 17.3. The van der Waals surface area contributed by atoms with E-state index in [0.29, 0.717) is 22.3 Å². The first kappa shape index (κ1) is 12.8. The summed E-state index contributed by atoms with van der Waals surface area (Å²) in [4.78, 5) is 4.55. The van der Waals surface area contributed by atoms with Crippen molar-refractivity contribution < 1.29 is 9.13 Å². The quantitative estimate of drug-likeness (QED) is 0.799. The minimum absolute atomic E-state index is 0.281. The van der Waals surface area contributed by atoms with Crippen molar-refractivity contribution in [2.24, 2.45) is 0 Å². The summed E-state index contributed by atoms with van der Waals surface area (Å²) >= 11 is 3.20. The van der Waals surface area contributed by atoms with Crippen LogP contribution in [-0.2, 0) is 16.9 Å². The van der Waals surface area contributed by atoms with Crippen molar-refractivity contribution in [2.45, 2.75) is 26.0 Å². The molecule has 1 aromatic heterocycles. The van der Waals surface area contributed by atoms with Gasteiger partial charge in [-0.3, -0.25) is 0 Å². The number of imidazole rings is 1. The summed E-state index contributed by atoms with van der Waals surface area (Å²) in [6, 6.07) is 5.23. The van der Waals surface area contributed by atoms with E-state index in [1.54, 1.807) is 12.1 Å². The number of hydrogen-bond donors (Lipinski definition) is 0. The fraction of sp³-hybridized carbons (Fsp3) is 0.357. The third kappa shape index (κ3) is 2.11. The first-order chi connectivity index (χ1) is 8.99. The highest BCUT2D eigenvalue weighted by molar-refractivity contribution is 9.10. The molecule has 0 unspecified atom stereocenters. The van der Waals surface area contributed by atoms with Crippen molar-refractivity contribution in [1.82, 2.24) is 9.55 Å². The van der Waals surface area contributed by atoms with Gasteiger partial charge in [0.15, 0.2) is 0 Å². The maximum Gasteiger partial charge on any atom is 0.146 e. The number of nitrogens with zero attached hydrogens (tertiary/aromatic N) is 2. The number of halogens is 2. The van der Waals surface area contributed by atoms with Crippen LogP contribution in [0.25, 0.3) is 11.3 Å². The van der Waals surface area contributed by atoms with Crippen molar-refractivity contribution in [3.05, 3.63) is 40.5 Å². The van der Waals surface area contributed by atoms with Crippen LogP contribution in [0.3, 0.4) is 0 Å². The van der Waals surface area contributed by atoms with Crippen LogP contribution >= 0.6 is 15.9 Å². The fourth-order valence-electron chi connectivity index (χ4n) is 2.36. The molecule has 19 heavy (non-hydrogen) atoms. The first-order valence-electron chi connectivity index (χ1n) is 6.15. The van der Waals surface area contributed by atoms with Gasteiger partial charge in [0.1, 0.15) is 17.2 Å². The van der Waals surface area contributed by atoms with E-state index >= 15 is 0 Å². The molecule has 0 amide bonds. The lowest BCUT2D eigenvalue weighted by atomic mass is 10.1. The second-order valence-electron chi connectivity index (χ2n) is 5.10. The Labute approximate surface area is 119 Å². The molecular weight excluding hydrogens is 311 g/mol. The van der Waals surface area contributed by atoms with Gasteiger partial charge in [0.2, 0.25) is 0 Å². The number of benzene rings is 1. The molecule has 0 saturated carbocycles. The Hall–Kier alpha value is -1.20. The third-order valence-corrected chi connectivity index (χ3v) is 3.95. The van der Waals surface area contributed by atoms with E-state index in [9.17, 15) is 4.39 Å². The van der Waals surface area contributed by atoms with Crippen LogP contribution in [0.15, 0.2) is 28.9 Å². The standard InChI is InChI=1S/C14H14BrFN2O/c1-14(2)13-17-11(8-18(13)6-7-19-14)9-4-3-5-10(15)12(9)16/h3-5,8H,6-7H2,1-2H3. The summed E-state index contributed by atoms with van der Waals surface area (Å²) < 4.78 is 22.3. The van der Waals surface area contributed by atoms with Gasteiger partial charge in [-0.1, -0.05) is 6.07 Å². The second-order valence-corrected chi connectivity index (χ2v) is 5.96. The Morgan fingerprint density at radius 3 is 2.95 bits per heavy atom. The maximum atomic E-state index is 14.1. The first-order valence-corrected chi connectivity index (χ1v) is 6.94. The van der Waals surface area contributed by atoms with Crippen LogP contribution in [-0.4, -0.2) is 16.2 Å². The zero-order valence-corrected chi connectivity index (χ0v) is 12.4. The summed E-state index contributed by atoms with van der Waals surface area (Å²) in [5, 5.41) is 0. The van der Waals surface area contributed by atoms with E-state index in [0.717, 1.165) is 12.4 Å². The topological polar surface area (TPSA) is 27.1 Å². The van der Waals surface area contributed by atoms with Gasteiger partial charge in [-0.25, -0.2) is 9.37 Å². The Kier molecular flexibility index (Phi) is 2.98. The van der Waals surface area contributed by atoms with Gasteiger partial charge in [0, 0.05) is 18.3 Å². The molecule has 0 radical (unpaired) electrons. The summed E-state index contributed by atoms with van der Waals surface area (Å²) in [5.41, 5.74) is 0.721. The Morgan fingerprint density at radius 1 is 1.42 bits per heavy atom. The number of ether oxygens (including phenoxy) is 1. The Morgan fingerprint density at radius 2 is 2.21 bits per heavy atom. The predicted octanol–water partition coefficient (Wildman–Crippen LogP) is 3.72. The van der Waals surface area contributed by atoms with Gasteiger partial charge < -0.3 is 9.30 Å². The summed E-state index contributed by atoms with van der Waals surface area (Å²) in [5.74, 6) is 0.560. The van der Waals surface area contributed by atoms with Gasteiger partial charge in [0.25, 0.3) is 0 Å². The molecule has 0 saturated heterocycles. The smallest absolute Gasteiger partial charge is 0.146 e. The van der Waals surface area contributed by atoms with Crippen LogP contribution in [0.1, 0.15) is 19.7 Å². The molecule has 0 bridgehead atoms. The predicted molar refractivity (Wildman–Crippen MR) is 74.3 cm³/mol. The van der Waals surface area contributed by atoms with Crippen LogP contribution in [0.2, 0.25) is 0 Å². The molecule has 0 N–H and O–H groups in total. The molecule has 100 valence electrons. The van der Waals surface area contributed by atoms with E-state index in [2.05, 4.69) is 20.9 Å². The van der Waals surface area contributed by atoms with E-state index in [1.807, 2.05) is 30.7 Å². The highest BCUT2D eigenvalue weighted by Gasteiger charge is 2.31. The maximum absolute atomic E-state index is 14.1. The Bertz CT molecular complexity index is 636. The van der Waals surface area contributed by atoms with E-state index in [4.69, 9.17) is 4.74 Å². The average molecular weight is 325 g/mol. The molecule has 3 nitrogen and oxygen atoms in total. The van der Waals surface area contributed by atoms with Gasteiger partial charge in [0.05, 0.1) is 16.8 Å². The fourth-order valence-corrected chi connectivity index (χ4v) is 2.73. The monoisotopic (exact) mass is 324 g/mol. The second kappa shape index (κ2) is 4.42. The van der Waals surface area contributed by atoms with Crippen LogP contribution in [0.5, 0.6) is 0 Å². The van der Waals surface area contributed by atoms with Gasteiger partial charge in [-0.15, -0.1) is 0 Å².